The average Bonchev–Trinajstić information content (AvgIpc) is 2.95. The molecule has 0 fully saturated rings. The van der Waals surface area contributed by atoms with Crippen molar-refractivity contribution < 1.29 is 5.11 Å². The second-order valence-electron chi connectivity index (χ2n) is 4.33. The maximum atomic E-state index is 11.9. The van der Waals surface area contributed by atoms with Crippen LogP contribution in [0.4, 0.5) is 0 Å². The summed E-state index contributed by atoms with van der Waals surface area (Å²) >= 11 is 0. The topological polar surface area (TPSA) is 70.4 Å². The number of aliphatic hydroxyl groups is 1. The van der Waals surface area contributed by atoms with Crippen molar-refractivity contribution in [1.29, 1.82) is 0 Å². The van der Waals surface area contributed by atoms with Crippen molar-refractivity contribution in [3.05, 3.63) is 58.3 Å². The average molecular weight is 239 g/mol. The molecule has 0 spiro atoms. The van der Waals surface area contributed by atoms with Crippen LogP contribution < -0.4 is 5.56 Å². The van der Waals surface area contributed by atoms with Gasteiger partial charge in [-0.05, 0) is 5.56 Å². The molecule has 4 rings (SSSR count). The van der Waals surface area contributed by atoms with E-state index < -0.39 is 6.10 Å². The van der Waals surface area contributed by atoms with E-state index >= 15 is 0 Å². The van der Waals surface area contributed by atoms with E-state index in [1.807, 2.05) is 24.3 Å². The molecule has 0 amide bonds. The maximum absolute atomic E-state index is 11.9. The van der Waals surface area contributed by atoms with Gasteiger partial charge in [0.1, 0.15) is 6.10 Å². The standard InChI is InChI=1S/C13H9N3O2/c17-11-8-4-2-1-3-7(8)9-10(11)16-6-5-14-12(16)13(18)15-9/h1-6,11,17H,(H,15,18). The van der Waals surface area contributed by atoms with Gasteiger partial charge in [0.2, 0.25) is 5.65 Å². The Morgan fingerprint density at radius 2 is 2.17 bits per heavy atom. The molecule has 5 heteroatoms. The molecule has 18 heavy (non-hydrogen) atoms. The summed E-state index contributed by atoms with van der Waals surface area (Å²) in [6.45, 7) is 0. The second kappa shape index (κ2) is 3.08. The number of fused-ring (bicyclic) bond motifs is 5. The maximum Gasteiger partial charge on any atom is 0.292 e. The molecular weight excluding hydrogens is 230 g/mol. The molecule has 0 bridgehead atoms. The molecule has 2 aromatic heterocycles. The van der Waals surface area contributed by atoms with Gasteiger partial charge in [0.05, 0.1) is 11.4 Å². The summed E-state index contributed by atoms with van der Waals surface area (Å²) in [5.74, 6) is 0. The Labute approximate surface area is 101 Å². The summed E-state index contributed by atoms with van der Waals surface area (Å²) in [6, 6.07) is 7.51. The lowest BCUT2D eigenvalue weighted by molar-refractivity contribution is 0.219. The highest BCUT2D eigenvalue weighted by atomic mass is 16.3. The first-order valence-corrected chi connectivity index (χ1v) is 5.64. The van der Waals surface area contributed by atoms with E-state index in [2.05, 4.69) is 9.97 Å². The van der Waals surface area contributed by atoms with E-state index in [9.17, 15) is 9.90 Å². The van der Waals surface area contributed by atoms with Crippen molar-refractivity contribution in [2.75, 3.05) is 0 Å². The third-order valence-electron chi connectivity index (χ3n) is 3.38. The van der Waals surface area contributed by atoms with Crippen LogP contribution in [0.5, 0.6) is 0 Å². The Morgan fingerprint density at radius 3 is 3.06 bits per heavy atom. The summed E-state index contributed by atoms with van der Waals surface area (Å²) < 4.78 is 1.65. The number of hydrogen-bond acceptors (Lipinski definition) is 3. The Bertz CT molecular complexity index is 832. The van der Waals surface area contributed by atoms with Crippen molar-refractivity contribution in [2.24, 2.45) is 0 Å². The first-order chi connectivity index (χ1) is 8.77. The zero-order valence-electron chi connectivity index (χ0n) is 9.29. The fourth-order valence-electron chi connectivity index (χ4n) is 2.60. The number of imidazole rings is 1. The van der Waals surface area contributed by atoms with Gasteiger partial charge >= 0.3 is 0 Å². The predicted molar refractivity (Wildman–Crippen MR) is 65.3 cm³/mol. The molecule has 1 unspecified atom stereocenters. The predicted octanol–water partition coefficient (Wildman–Crippen LogP) is 1.08. The van der Waals surface area contributed by atoms with Crippen molar-refractivity contribution >= 4 is 5.65 Å². The lowest BCUT2D eigenvalue weighted by atomic mass is 10.1. The van der Waals surface area contributed by atoms with Gasteiger partial charge < -0.3 is 10.1 Å². The van der Waals surface area contributed by atoms with Gasteiger partial charge in [-0.25, -0.2) is 4.98 Å². The second-order valence-corrected chi connectivity index (χ2v) is 4.33. The third-order valence-corrected chi connectivity index (χ3v) is 3.38. The molecule has 1 aromatic carbocycles. The minimum absolute atomic E-state index is 0.248. The lowest BCUT2D eigenvalue weighted by Gasteiger charge is -2.07. The van der Waals surface area contributed by atoms with Crippen LogP contribution >= 0.6 is 0 Å². The molecule has 1 atom stereocenters. The van der Waals surface area contributed by atoms with E-state index in [0.29, 0.717) is 17.0 Å². The monoisotopic (exact) mass is 239 g/mol. The molecule has 5 nitrogen and oxygen atoms in total. The van der Waals surface area contributed by atoms with Crippen LogP contribution in [0.25, 0.3) is 16.9 Å². The van der Waals surface area contributed by atoms with Crippen LogP contribution in [0.2, 0.25) is 0 Å². The number of aromatic amines is 1. The summed E-state index contributed by atoms with van der Waals surface area (Å²) in [5.41, 5.74) is 3.08. The zero-order chi connectivity index (χ0) is 12.3. The van der Waals surface area contributed by atoms with Crippen molar-refractivity contribution in [1.82, 2.24) is 14.4 Å². The van der Waals surface area contributed by atoms with Gasteiger partial charge in [0, 0.05) is 18.0 Å². The Balaban J connectivity index is 2.22. The molecular formula is C13H9N3O2. The van der Waals surface area contributed by atoms with Crippen LogP contribution in [-0.2, 0) is 0 Å². The van der Waals surface area contributed by atoms with Gasteiger partial charge in [0.15, 0.2) is 0 Å². The highest BCUT2D eigenvalue weighted by Gasteiger charge is 2.30. The molecule has 1 aliphatic rings. The molecule has 1 aliphatic carbocycles. The number of benzene rings is 1. The van der Waals surface area contributed by atoms with Gasteiger partial charge in [-0.1, -0.05) is 24.3 Å². The van der Waals surface area contributed by atoms with E-state index in [1.165, 1.54) is 0 Å². The Hall–Kier alpha value is -2.40. The molecule has 3 aromatic rings. The van der Waals surface area contributed by atoms with Gasteiger partial charge in [0.25, 0.3) is 5.56 Å². The molecule has 2 heterocycles. The number of hydrogen-bond donors (Lipinski definition) is 2. The number of rotatable bonds is 0. The fourth-order valence-corrected chi connectivity index (χ4v) is 2.60. The largest absolute Gasteiger partial charge is 0.382 e. The van der Waals surface area contributed by atoms with Crippen LogP contribution in [0.3, 0.4) is 0 Å². The smallest absolute Gasteiger partial charge is 0.292 e. The fraction of sp³-hybridized carbons (Fsp3) is 0.0769. The highest BCUT2D eigenvalue weighted by Crippen LogP contribution is 2.41. The summed E-state index contributed by atoms with van der Waals surface area (Å²) in [6.07, 6.45) is 2.52. The summed E-state index contributed by atoms with van der Waals surface area (Å²) in [7, 11) is 0. The summed E-state index contributed by atoms with van der Waals surface area (Å²) in [4.78, 5) is 18.7. The van der Waals surface area contributed by atoms with Crippen LogP contribution in [-0.4, -0.2) is 19.5 Å². The van der Waals surface area contributed by atoms with Crippen molar-refractivity contribution in [3.63, 3.8) is 0 Å². The molecule has 0 aliphatic heterocycles. The number of aliphatic hydroxyl groups excluding tert-OH is 1. The SMILES string of the molecule is O=c1[nH]c2c(n3ccnc13)C(O)c1ccccc1-2. The van der Waals surface area contributed by atoms with E-state index in [1.54, 1.807) is 16.8 Å². The van der Waals surface area contributed by atoms with E-state index in [-0.39, 0.29) is 5.56 Å². The van der Waals surface area contributed by atoms with E-state index in [4.69, 9.17) is 0 Å². The van der Waals surface area contributed by atoms with Crippen LogP contribution in [0, 0.1) is 0 Å². The molecule has 2 N–H and O–H groups in total. The first-order valence-electron chi connectivity index (χ1n) is 5.64. The number of H-pyrrole nitrogens is 1. The first kappa shape index (κ1) is 9.61. The van der Waals surface area contributed by atoms with Crippen LogP contribution in [0.1, 0.15) is 17.4 Å². The lowest BCUT2D eigenvalue weighted by Crippen LogP contribution is -2.14. The minimum Gasteiger partial charge on any atom is -0.382 e. The molecule has 0 saturated carbocycles. The Kier molecular flexibility index (Phi) is 1.65. The zero-order valence-corrected chi connectivity index (χ0v) is 9.29. The van der Waals surface area contributed by atoms with Gasteiger partial charge in [-0.15, -0.1) is 0 Å². The molecule has 88 valence electrons. The molecule has 0 radical (unpaired) electrons. The number of nitrogens with one attached hydrogen (secondary N) is 1. The van der Waals surface area contributed by atoms with Gasteiger partial charge in [-0.3, -0.25) is 9.20 Å². The van der Waals surface area contributed by atoms with E-state index in [0.717, 1.165) is 11.1 Å². The third kappa shape index (κ3) is 0.994. The minimum atomic E-state index is -0.732. The highest BCUT2D eigenvalue weighted by molar-refractivity contribution is 5.74. The quantitative estimate of drug-likeness (QED) is 0.616. The van der Waals surface area contributed by atoms with Crippen molar-refractivity contribution in [2.45, 2.75) is 6.10 Å². The summed E-state index contributed by atoms with van der Waals surface area (Å²) in [5, 5.41) is 10.4. The van der Waals surface area contributed by atoms with Crippen LogP contribution in [0.15, 0.2) is 41.5 Å². The number of nitrogens with zero attached hydrogens (tertiary/aromatic N) is 2. The Morgan fingerprint density at radius 1 is 1.33 bits per heavy atom. The molecule has 0 saturated heterocycles. The van der Waals surface area contributed by atoms with Crippen molar-refractivity contribution in [3.8, 4) is 11.3 Å². The number of aromatic nitrogens is 3. The van der Waals surface area contributed by atoms with Gasteiger partial charge in [-0.2, -0.15) is 0 Å². The normalized spacial score (nSPS) is 16.8.